The van der Waals surface area contributed by atoms with Gasteiger partial charge in [-0.2, -0.15) is 0 Å². The maximum Gasteiger partial charge on any atom is 0.335 e. The predicted molar refractivity (Wildman–Crippen MR) is 113 cm³/mol. The maximum atomic E-state index is 11.2. The third kappa shape index (κ3) is 3.62. The largest absolute Gasteiger partial charge is 0.478 e. The second-order valence-corrected chi connectivity index (χ2v) is 7.90. The molecule has 0 spiro atoms. The van der Waals surface area contributed by atoms with Gasteiger partial charge in [0.25, 0.3) is 0 Å². The van der Waals surface area contributed by atoms with E-state index in [1.54, 1.807) is 12.3 Å². The number of nitrogens with zero attached hydrogens (tertiary/aromatic N) is 2. The maximum absolute atomic E-state index is 11.2. The molecule has 4 nitrogen and oxygen atoms in total. The summed E-state index contributed by atoms with van der Waals surface area (Å²) in [5.74, 6) is -1.00. The molecule has 0 unspecified atom stereocenters. The van der Waals surface area contributed by atoms with Gasteiger partial charge < -0.3 is 10.0 Å². The van der Waals surface area contributed by atoms with E-state index >= 15 is 0 Å². The first-order valence-corrected chi connectivity index (χ1v) is 9.13. The Hall–Kier alpha value is -2.59. The molecule has 0 saturated carbocycles. The Bertz CT molecular complexity index is 990. The highest BCUT2D eigenvalue weighted by Gasteiger charge is 2.28. The molecule has 1 aliphatic heterocycles. The van der Waals surface area contributed by atoms with E-state index in [1.807, 2.05) is 6.92 Å². The van der Waals surface area contributed by atoms with Gasteiger partial charge in [0, 0.05) is 24.5 Å². The predicted octanol–water partition coefficient (Wildman–Crippen LogP) is 5.73. The fourth-order valence-electron chi connectivity index (χ4n) is 3.34. The molecule has 0 bridgehead atoms. The quantitative estimate of drug-likeness (QED) is 0.689. The number of hydrogen-bond donors (Lipinski definition) is 1. The first kappa shape index (κ1) is 19.2. The lowest BCUT2D eigenvalue weighted by Crippen LogP contribution is -2.42. The summed E-state index contributed by atoms with van der Waals surface area (Å²) in [5.41, 5.74) is 6.25. The molecule has 2 aromatic carbocycles. The highest BCUT2D eigenvalue weighted by molar-refractivity contribution is 6.33. The highest BCUT2D eigenvalue weighted by atomic mass is 35.5. The van der Waals surface area contributed by atoms with E-state index in [4.69, 9.17) is 16.7 Å². The van der Waals surface area contributed by atoms with Gasteiger partial charge in [-0.25, -0.2) is 4.79 Å². The molecule has 0 atom stereocenters. The first-order chi connectivity index (χ1) is 12.6. The zero-order valence-electron chi connectivity index (χ0n) is 16.2. The molecule has 0 saturated heterocycles. The minimum atomic E-state index is -1.00. The van der Waals surface area contributed by atoms with E-state index in [0.29, 0.717) is 10.7 Å². The number of likely N-dealkylation sites (N-methyl/N-ethyl adjacent to an activating group) is 1. The molecular weight excluding hydrogens is 360 g/mol. The normalized spacial score (nSPS) is 15.6. The number of rotatable bonds is 3. The lowest BCUT2D eigenvalue weighted by atomic mass is 9.87. The van der Waals surface area contributed by atoms with Crippen LogP contribution in [0.5, 0.6) is 0 Å². The molecule has 0 fully saturated rings. The second kappa shape index (κ2) is 6.86. The van der Waals surface area contributed by atoms with E-state index in [1.165, 1.54) is 29.0 Å². The Kier molecular flexibility index (Phi) is 4.87. The number of aliphatic imine (C=N–C) groups is 1. The number of fused-ring (bicyclic) bond motifs is 1. The Morgan fingerprint density at radius 2 is 1.93 bits per heavy atom. The van der Waals surface area contributed by atoms with Gasteiger partial charge in [-0.05, 0) is 74.7 Å². The van der Waals surface area contributed by atoms with Gasteiger partial charge in [0.15, 0.2) is 0 Å². The van der Waals surface area contributed by atoms with Crippen LogP contribution in [0.4, 0.5) is 11.4 Å². The minimum absolute atomic E-state index is 0.0378. The van der Waals surface area contributed by atoms with Crippen LogP contribution >= 0.6 is 11.6 Å². The Balaban J connectivity index is 2.03. The third-order valence-corrected chi connectivity index (χ3v) is 5.46. The van der Waals surface area contributed by atoms with Crippen LogP contribution in [0.1, 0.15) is 47.8 Å². The Morgan fingerprint density at radius 1 is 1.22 bits per heavy atom. The Labute approximate surface area is 164 Å². The summed E-state index contributed by atoms with van der Waals surface area (Å²) in [6.07, 6.45) is 4.01. The molecule has 0 amide bonds. The summed E-state index contributed by atoms with van der Waals surface area (Å²) in [5, 5.41) is 9.57. The fourth-order valence-corrected chi connectivity index (χ4v) is 3.51. The van der Waals surface area contributed by atoms with Crippen LogP contribution in [-0.4, -0.2) is 29.9 Å². The van der Waals surface area contributed by atoms with Gasteiger partial charge in [-0.1, -0.05) is 17.7 Å². The average molecular weight is 383 g/mol. The molecule has 2 aromatic rings. The number of carboxylic acids is 1. The van der Waals surface area contributed by atoms with Crippen LogP contribution in [0.3, 0.4) is 0 Å². The van der Waals surface area contributed by atoms with Crippen LogP contribution in [0.15, 0.2) is 41.4 Å². The van der Waals surface area contributed by atoms with Crippen molar-refractivity contribution >= 4 is 40.7 Å². The summed E-state index contributed by atoms with van der Waals surface area (Å²) in [6.45, 7) is 8.56. The van der Waals surface area contributed by atoms with Crippen molar-refractivity contribution in [1.29, 1.82) is 0 Å². The van der Waals surface area contributed by atoms with E-state index in [0.717, 1.165) is 11.1 Å². The van der Waals surface area contributed by atoms with Crippen LogP contribution in [0.25, 0.3) is 5.57 Å². The summed E-state index contributed by atoms with van der Waals surface area (Å²) in [7, 11) is 2.10. The summed E-state index contributed by atoms with van der Waals surface area (Å²) >= 11 is 6.17. The number of carboxylic acid groups (broad SMARTS) is 1. The van der Waals surface area contributed by atoms with Gasteiger partial charge in [0.05, 0.1) is 21.8 Å². The average Bonchev–Trinajstić information content (AvgIpc) is 2.59. The van der Waals surface area contributed by atoms with Crippen molar-refractivity contribution in [2.24, 2.45) is 4.99 Å². The lowest BCUT2D eigenvalue weighted by molar-refractivity contribution is 0.0697. The number of allylic oxidation sites excluding steroid dienone is 1. The number of carbonyl (C=O) groups is 1. The van der Waals surface area contributed by atoms with Gasteiger partial charge in [0.2, 0.25) is 0 Å². The molecule has 1 heterocycles. The van der Waals surface area contributed by atoms with Crippen molar-refractivity contribution in [3.63, 3.8) is 0 Å². The SMILES string of the molecule is CC1=CC(C)(C)N(C)c2cc(C)c(C=Nc3cc(C(=O)O)ccc3Cl)cc21. The molecule has 0 aromatic heterocycles. The second-order valence-electron chi connectivity index (χ2n) is 7.50. The third-order valence-electron chi connectivity index (χ3n) is 5.14. The number of aromatic carboxylic acids is 1. The van der Waals surface area contributed by atoms with E-state index in [-0.39, 0.29) is 11.1 Å². The fraction of sp³-hybridized carbons (Fsp3) is 0.273. The highest BCUT2D eigenvalue weighted by Crippen LogP contribution is 2.39. The molecule has 3 rings (SSSR count). The van der Waals surface area contributed by atoms with Crippen LogP contribution in [0, 0.1) is 6.92 Å². The zero-order valence-corrected chi connectivity index (χ0v) is 16.9. The molecule has 5 heteroatoms. The van der Waals surface area contributed by atoms with Gasteiger partial charge in [0.1, 0.15) is 0 Å². The van der Waals surface area contributed by atoms with E-state index < -0.39 is 5.97 Å². The Morgan fingerprint density at radius 3 is 2.59 bits per heavy atom. The van der Waals surface area contributed by atoms with Crippen molar-refractivity contribution in [1.82, 2.24) is 0 Å². The summed E-state index contributed by atoms with van der Waals surface area (Å²) in [6, 6.07) is 8.81. The standard InChI is InChI=1S/C22H23ClN2O2/c1-13-8-20-17(14(2)11-22(3,4)25(20)5)9-16(13)12-24-19-10-15(21(26)27)6-7-18(19)23/h6-12H,1-5H3,(H,26,27). The molecule has 0 radical (unpaired) electrons. The van der Waals surface area contributed by atoms with Gasteiger partial charge in [-0.3, -0.25) is 4.99 Å². The molecule has 1 N–H and O–H groups in total. The molecule has 140 valence electrons. The van der Waals surface area contributed by atoms with Crippen molar-refractivity contribution in [3.8, 4) is 0 Å². The first-order valence-electron chi connectivity index (χ1n) is 8.75. The van der Waals surface area contributed by atoms with Crippen LogP contribution < -0.4 is 4.90 Å². The van der Waals surface area contributed by atoms with Crippen molar-refractivity contribution in [3.05, 3.63) is 63.7 Å². The monoisotopic (exact) mass is 382 g/mol. The smallest absolute Gasteiger partial charge is 0.335 e. The van der Waals surface area contributed by atoms with Crippen LogP contribution in [0.2, 0.25) is 5.02 Å². The topological polar surface area (TPSA) is 52.9 Å². The lowest BCUT2D eigenvalue weighted by Gasteiger charge is -2.41. The van der Waals surface area contributed by atoms with Gasteiger partial charge in [-0.15, -0.1) is 0 Å². The number of anilines is 1. The molecule has 27 heavy (non-hydrogen) atoms. The molecular formula is C22H23ClN2O2. The molecule has 1 aliphatic rings. The van der Waals surface area contributed by atoms with Crippen molar-refractivity contribution < 1.29 is 9.90 Å². The summed E-state index contributed by atoms with van der Waals surface area (Å²) < 4.78 is 0. The minimum Gasteiger partial charge on any atom is -0.478 e. The van der Waals surface area contributed by atoms with Crippen molar-refractivity contribution in [2.45, 2.75) is 33.2 Å². The number of benzene rings is 2. The van der Waals surface area contributed by atoms with E-state index in [9.17, 15) is 4.79 Å². The summed E-state index contributed by atoms with van der Waals surface area (Å²) in [4.78, 5) is 17.9. The van der Waals surface area contributed by atoms with Crippen LogP contribution in [-0.2, 0) is 0 Å². The van der Waals surface area contributed by atoms with Crippen molar-refractivity contribution in [2.75, 3.05) is 11.9 Å². The number of aryl methyl sites for hydroxylation is 1. The number of halogens is 1. The van der Waals surface area contributed by atoms with E-state index in [2.05, 4.69) is 55.9 Å². The zero-order chi connectivity index (χ0) is 19.9. The number of hydrogen-bond acceptors (Lipinski definition) is 3. The van der Waals surface area contributed by atoms with Gasteiger partial charge >= 0.3 is 5.97 Å². The molecule has 0 aliphatic carbocycles.